The SMILES string of the molecule is CC(C)(C)NC[C@H](O)c1cccc(NC2CCC2)n1. The van der Waals surface area contributed by atoms with Gasteiger partial charge in [-0.15, -0.1) is 0 Å². The highest BCUT2D eigenvalue weighted by Crippen LogP contribution is 2.23. The fourth-order valence-electron chi connectivity index (χ4n) is 1.99. The van der Waals surface area contributed by atoms with Crippen LogP contribution in [0.4, 0.5) is 5.82 Å². The highest BCUT2D eigenvalue weighted by molar-refractivity contribution is 5.37. The summed E-state index contributed by atoms with van der Waals surface area (Å²) in [6.07, 6.45) is 3.18. The first-order chi connectivity index (χ1) is 8.94. The van der Waals surface area contributed by atoms with E-state index < -0.39 is 6.10 Å². The Kier molecular flexibility index (Phi) is 4.42. The molecule has 1 saturated carbocycles. The van der Waals surface area contributed by atoms with E-state index in [2.05, 4.69) is 36.4 Å². The third-order valence-electron chi connectivity index (χ3n) is 3.39. The molecule has 1 aliphatic rings. The Labute approximate surface area is 115 Å². The van der Waals surface area contributed by atoms with E-state index in [-0.39, 0.29) is 5.54 Å². The molecule has 0 saturated heterocycles. The smallest absolute Gasteiger partial charge is 0.126 e. The number of hydrogen-bond donors (Lipinski definition) is 3. The molecule has 0 radical (unpaired) electrons. The van der Waals surface area contributed by atoms with Gasteiger partial charge in [0.1, 0.15) is 11.9 Å². The van der Waals surface area contributed by atoms with Crippen molar-refractivity contribution in [2.75, 3.05) is 11.9 Å². The summed E-state index contributed by atoms with van der Waals surface area (Å²) in [7, 11) is 0. The van der Waals surface area contributed by atoms with Gasteiger partial charge in [-0.05, 0) is 52.2 Å². The average Bonchev–Trinajstić information content (AvgIpc) is 2.30. The lowest BCUT2D eigenvalue weighted by Crippen LogP contribution is -2.38. The van der Waals surface area contributed by atoms with Crippen LogP contribution in [0.2, 0.25) is 0 Å². The van der Waals surface area contributed by atoms with Gasteiger partial charge in [0.25, 0.3) is 0 Å². The molecule has 0 aliphatic heterocycles. The molecular formula is C15H25N3O. The van der Waals surface area contributed by atoms with Crippen LogP contribution in [0.25, 0.3) is 0 Å². The second-order valence-corrected chi connectivity index (χ2v) is 6.37. The van der Waals surface area contributed by atoms with E-state index in [1.807, 2.05) is 18.2 Å². The summed E-state index contributed by atoms with van der Waals surface area (Å²) < 4.78 is 0. The van der Waals surface area contributed by atoms with Gasteiger partial charge in [-0.3, -0.25) is 0 Å². The Balaban J connectivity index is 1.93. The molecule has 3 N–H and O–H groups in total. The molecule has 4 nitrogen and oxygen atoms in total. The average molecular weight is 263 g/mol. The Hall–Kier alpha value is -1.13. The summed E-state index contributed by atoms with van der Waals surface area (Å²) in [4.78, 5) is 4.49. The molecule has 1 aliphatic carbocycles. The molecule has 0 unspecified atom stereocenters. The molecule has 106 valence electrons. The summed E-state index contributed by atoms with van der Waals surface area (Å²) in [5, 5.41) is 16.9. The fraction of sp³-hybridized carbons (Fsp3) is 0.667. The number of pyridine rings is 1. The number of rotatable bonds is 5. The van der Waals surface area contributed by atoms with Crippen molar-refractivity contribution in [3.8, 4) is 0 Å². The summed E-state index contributed by atoms with van der Waals surface area (Å²) in [5.74, 6) is 0.872. The summed E-state index contributed by atoms with van der Waals surface area (Å²) in [5.41, 5.74) is 0.726. The van der Waals surface area contributed by atoms with Gasteiger partial charge < -0.3 is 15.7 Å². The van der Waals surface area contributed by atoms with E-state index in [0.29, 0.717) is 12.6 Å². The van der Waals surface area contributed by atoms with Crippen molar-refractivity contribution >= 4 is 5.82 Å². The molecule has 0 amide bonds. The van der Waals surface area contributed by atoms with E-state index in [1.165, 1.54) is 19.3 Å². The zero-order valence-electron chi connectivity index (χ0n) is 12.1. The summed E-state index contributed by atoms with van der Waals surface area (Å²) in [6, 6.07) is 6.35. The lowest BCUT2D eigenvalue weighted by molar-refractivity contribution is 0.159. The minimum atomic E-state index is -0.567. The lowest BCUT2D eigenvalue weighted by atomic mass is 9.93. The van der Waals surface area contributed by atoms with Crippen LogP contribution in [0.15, 0.2) is 18.2 Å². The van der Waals surface area contributed by atoms with E-state index in [4.69, 9.17) is 0 Å². The van der Waals surface area contributed by atoms with Crippen molar-refractivity contribution in [1.29, 1.82) is 0 Å². The predicted molar refractivity (Wildman–Crippen MR) is 78.2 cm³/mol. The number of β-amino-alcohol motifs (C(OH)–C–C–N with tert-alkyl or cyclic N) is 1. The van der Waals surface area contributed by atoms with Gasteiger partial charge in [0.05, 0.1) is 5.69 Å². The molecule has 1 aromatic heterocycles. The maximum atomic E-state index is 10.2. The van der Waals surface area contributed by atoms with Crippen LogP contribution in [-0.4, -0.2) is 28.2 Å². The van der Waals surface area contributed by atoms with Gasteiger partial charge in [0.2, 0.25) is 0 Å². The van der Waals surface area contributed by atoms with E-state index in [0.717, 1.165) is 11.5 Å². The summed E-state index contributed by atoms with van der Waals surface area (Å²) >= 11 is 0. The van der Waals surface area contributed by atoms with Crippen LogP contribution in [0, 0.1) is 0 Å². The van der Waals surface area contributed by atoms with Crippen LogP contribution >= 0.6 is 0 Å². The number of anilines is 1. The molecule has 1 fully saturated rings. The lowest BCUT2D eigenvalue weighted by Gasteiger charge is -2.27. The minimum absolute atomic E-state index is 0.00275. The number of aliphatic hydroxyl groups excluding tert-OH is 1. The topological polar surface area (TPSA) is 57.2 Å². The summed E-state index contributed by atoms with van der Waals surface area (Å²) in [6.45, 7) is 6.77. The van der Waals surface area contributed by atoms with Crippen molar-refractivity contribution < 1.29 is 5.11 Å². The standard InChI is InChI=1S/C15H25N3O/c1-15(2,3)16-10-13(19)12-8-5-9-14(18-12)17-11-6-4-7-11/h5,8-9,11,13,16,19H,4,6-7,10H2,1-3H3,(H,17,18)/t13-/m0/s1. The van der Waals surface area contributed by atoms with Crippen molar-refractivity contribution in [2.24, 2.45) is 0 Å². The van der Waals surface area contributed by atoms with Crippen LogP contribution in [-0.2, 0) is 0 Å². The molecule has 19 heavy (non-hydrogen) atoms. The van der Waals surface area contributed by atoms with E-state index >= 15 is 0 Å². The number of hydrogen-bond acceptors (Lipinski definition) is 4. The first kappa shape index (κ1) is 14.3. The Morgan fingerprint density at radius 2 is 2.11 bits per heavy atom. The molecule has 0 spiro atoms. The van der Waals surface area contributed by atoms with Gasteiger partial charge in [0.15, 0.2) is 0 Å². The zero-order chi connectivity index (χ0) is 13.9. The second kappa shape index (κ2) is 5.88. The van der Waals surface area contributed by atoms with Crippen LogP contribution < -0.4 is 10.6 Å². The largest absolute Gasteiger partial charge is 0.385 e. The monoisotopic (exact) mass is 263 g/mol. The first-order valence-electron chi connectivity index (χ1n) is 7.11. The zero-order valence-corrected chi connectivity index (χ0v) is 12.1. The van der Waals surface area contributed by atoms with Gasteiger partial charge in [0, 0.05) is 18.1 Å². The van der Waals surface area contributed by atoms with Gasteiger partial charge in [-0.2, -0.15) is 0 Å². The van der Waals surface area contributed by atoms with Gasteiger partial charge in [-0.1, -0.05) is 6.07 Å². The van der Waals surface area contributed by atoms with E-state index in [9.17, 15) is 5.11 Å². The number of nitrogens with one attached hydrogen (secondary N) is 2. The molecule has 1 atom stereocenters. The molecule has 0 bridgehead atoms. The molecule has 0 aromatic carbocycles. The third-order valence-corrected chi connectivity index (χ3v) is 3.39. The highest BCUT2D eigenvalue weighted by atomic mass is 16.3. The maximum Gasteiger partial charge on any atom is 0.126 e. The predicted octanol–water partition coefficient (Wildman–Crippen LogP) is 2.47. The molecular weight excluding hydrogens is 238 g/mol. The fourth-order valence-corrected chi connectivity index (χ4v) is 1.99. The quantitative estimate of drug-likeness (QED) is 0.764. The van der Waals surface area contributed by atoms with Crippen molar-refractivity contribution in [3.63, 3.8) is 0 Å². The second-order valence-electron chi connectivity index (χ2n) is 6.37. The Morgan fingerprint density at radius 1 is 1.37 bits per heavy atom. The van der Waals surface area contributed by atoms with Crippen molar-refractivity contribution in [1.82, 2.24) is 10.3 Å². The molecule has 4 heteroatoms. The van der Waals surface area contributed by atoms with Gasteiger partial charge in [-0.25, -0.2) is 4.98 Å². The third kappa shape index (κ3) is 4.48. The highest BCUT2D eigenvalue weighted by Gasteiger charge is 2.18. The number of aliphatic hydroxyl groups is 1. The van der Waals surface area contributed by atoms with Crippen molar-refractivity contribution in [3.05, 3.63) is 23.9 Å². The maximum absolute atomic E-state index is 10.2. The van der Waals surface area contributed by atoms with Crippen LogP contribution in [0.5, 0.6) is 0 Å². The molecule has 1 aromatic rings. The normalized spacial score (nSPS) is 17.9. The minimum Gasteiger partial charge on any atom is -0.385 e. The Bertz CT molecular complexity index is 410. The first-order valence-corrected chi connectivity index (χ1v) is 7.11. The number of nitrogens with zero attached hydrogens (tertiary/aromatic N) is 1. The Morgan fingerprint density at radius 3 is 2.68 bits per heavy atom. The van der Waals surface area contributed by atoms with Gasteiger partial charge >= 0.3 is 0 Å². The van der Waals surface area contributed by atoms with Crippen LogP contribution in [0.1, 0.15) is 51.8 Å². The van der Waals surface area contributed by atoms with Crippen molar-refractivity contribution in [2.45, 2.75) is 57.7 Å². The number of aromatic nitrogens is 1. The molecule has 1 heterocycles. The van der Waals surface area contributed by atoms with Crippen LogP contribution in [0.3, 0.4) is 0 Å². The molecule has 2 rings (SSSR count). The van der Waals surface area contributed by atoms with E-state index in [1.54, 1.807) is 0 Å².